The lowest BCUT2D eigenvalue weighted by atomic mass is 9.93. The van der Waals surface area contributed by atoms with E-state index in [-0.39, 0.29) is 30.3 Å². The lowest BCUT2D eigenvalue weighted by Gasteiger charge is -2.20. The van der Waals surface area contributed by atoms with Crippen LogP contribution in [0.1, 0.15) is 43.2 Å². The van der Waals surface area contributed by atoms with Crippen LogP contribution in [0.3, 0.4) is 0 Å². The van der Waals surface area contributed by atoms with Crippen LogP contribution >= 0.6 is 24.8 Å². The van der Waals surface area contributed by atoms with Crippen LogP contribution in [0, 0.1) is 0 Å². The second-order valence-electron chi connectivity index (χ2n) is 6.44. The lowest BCUT2D eigenvalue weighted by Crippen LogP contribution is -2.23. The summed E-state index contributed by atoms with van der Waals surface area (Å²) in [6, 6.07) is 0. The number of hydrogen-bond donors (Lipinski definition) is 1. The van der Waals surface area contributed by atoms with E-state index in [2.05, 4.69) is 25.5 Å². The summed E-state index contributed by atoms with van der Waals surface area (Å²) in [6.07, 6.45) is 10.3. The van der Waals surface area contributed by atoms with Crippen LogP contribution in [0.15, 0.2) is 6.33 Å². The first-order chi connectivity index (χ1) is 10.9. The highest BCUT2D eigenvalue weighted by Gasteiger charge is 2.19. The Labute approximate surface area is 160 Å². The zero-order valence-corrected chi connectivity index (χ0v) is 16.0. The third-order valence-electron chi connectivity index (χ3n) is 4.90. The molecule has 7 nitrogen and oxygen atoms in total. The molecule has 1 aliphatic heterocycles. The Hall–Kier alpha value is -1.15. The highest BCUT2D eigenvalue weighted by Crippen LogP contribution is 2.28. The molecule has 3 N–H and O–H groups in total. The molecule has 0 saturated carbocycles. The predicted molar refractivity (Wildman–Crippen MR) is 104 cm³/mol. The summed E-state index contributed by atoms with van der Waals surface area (Å²) >= 11 is 0. The van der Waals surface area contributed by atoms with Crippen molar-refractivity contribution in [3.8, 4) is 0 Å². The summed E-state index contributed by atoms with van der Waals surface area (Å²) in [6.45, 7) is 4.74. The van der Waals surface area contributed by atoms with Crippen molar-refractivity contribution in [2.45, 2.75) is 44.9 Å². The molecule has 2 aromatic heterocycles. The van der Waals surface area contributed by atoms with Crippen LogP contribution in [0.4, 0.5) is 5.82 Å². The molecule has 142 valence electrons. The number of nitrogens with one attached hydrogen (secondary N) is 1. The van der Waals surface area contributed by atoms with Gasteiger partial charge in [-0.1, -0.05) is 0 Å². The van der Waals surface area contributed by atoms with E-state index < -0.39 is 0 Å². The van der Waals surface area contributed by atoms with E-state index in [1.165, 1.54) is 62.9 Å². The largest absolute Gasteiger partial charge is 0.412 e. The van der Waals surface area contributed by atoms with E-state index in [0.29, 0.717) is 0 Å². The maximum Gasteiger partial charge on any atom is 0.181 e. The summed E-state index contributed by atoms with van der Waals surface area (Å²) in [5.41, 5.74) is 3.66. The number of rotatable bonds is 5. The Morgan fingerprint density at radius 2 is 1.72 bits per heavy atom. The third kappa shape index (κ3) is 4.73. The van der Waals surface area contributed by atoms with Gasteiger partial charge in [0.25, 0.3) is 0 Å². The predicted octanol–water partition coefficient (Wildman–Crippen LogP) is 1.92. The molecule has 2 aliphatic rings. The summed E-state index contributed by atoms with van der Waals surface area (Å²) < 4.78 is 1.83. The van der Waals surface area contributed by atoms with Crippen LogP contribution in [0.2, 0.25) is 0 Å². The normalized spacial score (nSPS) is 16.5. The van der Waals surface area contributed by atoms with Gasteiger partial charge < -0.3 is 15.7 Å². The zero-order valence-electron chi connectivity index (χ0n) is 14.4. The molecule has 25 heavy (non-hydrogen) atoms. The minimum Gasteiger partial charge on any atom is -0.412 e. The molecule has 4 rings (SSSR count). The molecular formula is C16H28Cl2N6O. The molecule has 1 saturated heterocycles. The van der Waals surface area contributed by atoms with Gasteiger partial charge in [0.2, 0.25) is 0 Å². The summed E-state index contributed by atoms with van der Waals surface area (Å²) in [5.74, 6) is 1.04. The SMILES string of the molecule is Cl.Cl.O.c1nnc2c3c(c(NCCCN4CCCC4)nn12)CCCC3. The number of fused-ring (bicyclic) bond motifs is 3. The molecule has 0 radical (unpaired) electrons. The average molecular weight is 391 g/mol. The van der Waals surface area contributed by atoms with Gasteiger partial charge in [0, 0.05) is 17.7 Å². The third-order valence-corrected chi connectivity index (χ3v) is 4.90. The van der Waals surface area contributed by atoms with Crippen molar-refractivity contribution in [3.63, 3.8) is 0 Å². The highest BCUT2D eigenvalue weighted by molar-refractivity contribution is 5.85. The number of anilines is 1. The number of nitrogens with zero attached hydrogens (tertiary/aromatic N) is 5. The van der Waals surface area contributed by atoms with Crippen molar-refractivity contribution < 1.29 is 5.48 Å². The minimum atomic E-state index is 0. The number of aromatic nitrogens is 4. The molecule has 0 aromatic carbocycles. The van der Waals surface area contributed by atoms with Crippen molar-refractivity contribution in [1.29, 1.82) is 0 Å². The summed E-state index contributed by atoms with van der Waals surface area (Å²) in [5, 5.41) is 16.5. The van der Waals surface area contributed by atoms with E-state index in [9.17, 15) is 0 Å². The van der Waals surface area contributed by atoms with Gasteiger partial charge in [-0.25, -0.2) is 0 Å². The van der Waals surface area contributed by atoms with E-state index >= 15 is 0 Å². The van der Waals surface area contributed by atoms with Gasteiger partial charge in [-0.05, 0) is 64.6 Å². The van der Waals surface area contributed by atoms with Crippen LogP contribution < -0.4 is 5.32 Å². The van der Waals surface area contributed by atoms with Gasteiger partial charge in [-0.3, -0.25) is 0 Å². The van der Waals surface area contributed by atoms with Gasteiger partial charge in [-0.2, -0.15) is 4.52 Å². The Kier molecular flexibility index (Phi) is 8.85. The van der Waals surface area contributed by atoms with Crippen LogP contribution in [-0.2, 0) is 12.8 Å². The number of halogens is 2. The lowest BCUT2D eigenvalue weighted by molar-refractivity contribution is 0.337. The quantitative estimate of drug-likeness (QED) is 0.787. The summed E-state index contributed by atoms with van der Waals surface area (Å²) in [7, 11) is 0. The first-order valence-corrected chi connectivity index (χ1v) is 8.60. The molecule has 0 spiro atoms. The fourth-order valence-electron chi connectivity index (χ4n) is 3.74. The second-order valence-corrected chi connectivity index (χ2v) is 6.44. The first-order valence-electron chi connectivity index (χ1n) is 8.60. The van der Waals surface area contributed by atoms with E-state index in [4.69, 9.17) is 0 Å². The standard InChI is InChI=1S/C16H24N6.2ClH.H2O/c1-2-7-14-13(6-1)15(20-22-12-18-19-16(14)22)17-8-5-11-21-9-3-4-10-21;;;/h12H,1-11H2,(H,17,20);2*1H;1H2. The number of hydrogen-bond acceptors (Lipinski definition) is 5. The van der Waals surface area contributed by atoms with Gasteiger partial charge in [-0.15, -0.1) is 40.1 Å². The minimum absolute atomic E-state index is 0. The summed E-state index contributed by atoms with van der Waals surface area (Å²) in [4.78, 5) is 2.56. The second kappa shape index (κ2) is 10.1. The molecule has 0 unspecified atom stereocenters. The highest BCUT2D eigenvalue weighted by atomic mass is 35.5. The van der Waals surface area contributed by atoms with E-state index in [1.54, 1.807) is 6.33 Å². The van der Waals surface area contributed by atoms with Crippen molar-refractivity contribution in [1.82, 2.24) is 24.7 Å². The van der Waals surface area contributed by atoms with Crippen molar-refractivity contribution in [2.24, 2.45) is 0 Å². The molecule has 1 fully saturated rings. The fourth-order valence-corrected chi connectivity index (χ4v) is 3.74. The Morgan fingerprint density at radius 3 is 2.48 bits per heavy atom. The average Bonchev–Trinajstić information content (AvgIpc) is 3.22. The molecule has 2 aromatic rings. The maximum atomic E-state index is 4.68. The molecule has 3 heterocycles. The Bertz CT molecular complexity index is 659. The Morgan fingerprint density at radius 1 is 1.00 bits per heavy atom. The van der Waals surface area contributed by atoms with Gasteiger partial charge in [0.1, 0.15) is 6.33 Å². The van der Waals surface area contributed by atoms with Crippen molar-refractivity contribution in [3.05, 3.63) is 17.5 Å². The molecular weight excluding hydrogens is 363 g/mol. The number of likely N-dealkylation sites (tertiary alicyclic amines) is 1. The van der Waals surface area contributed by atoms with Crippen LogP contribution in [-0.4, -0.2) is 56.4 Å². The topological polar surface area (TPSA) is 89.8 Å². The van der Waals surface area contributed by atoms with Crippen molar-refractivity contribution >= 4 is 36.3 Å². The molecule has 0 bridgehead atoms. The van der Waals surface area contributed by atoms with Crippen LogP contribution in [0.25, 0.3) is 5.65 Å². The Balaban J connectivity index is 0.00000104. The van der Waals surface area contributed by atoms with E-state index in [0.717, 1.165) is 30.9 Å². The molecule has 0 amide bonds. The van der Waals surface area contributed by atoms with Gasteiger partial charge in [0.15, 0.2) is 11.5 Å². The van der Waals surface area contributed by atoms with Gasteiger partial charge >= 0.3 is 0 Å². The first kappa shape index (κ1) is 21.9. The molecule has 9 heteroatoms. The maximum absolute atomic E-state index is 4.68. The molecule has 1 aliphatic carbocycles. The number of aryl methyl sites for hydroxylation is 1. The fraction of sp³-hybridized carbons (Fsp3) is 0.688. The van der Waals surface area contributed by atoms with Gasteiger partial charge in [0.05, 0.1) is 0 Å². The van der Waals surface area contributed by atoms with E-state index in [1.807, 2.05) is 4.52 Å². The monoisotopic (exact) mass is 390 g/mol. The van der Waals surface area contributed by atoms with Crippen molar-refractivity contribution in [2.75, 3.05) is 31.5 Å². The van der Waals surface area contributed by atoms with Crippen LogP contribution in [0.5, 0.6) is 0 Å². The zero-order chi connectivity index (χ0) is 14.8. The smallest absolute Gasteiger partial charge is 0.181 e. The molecule has 0 atom stereocenters.